The number of hydrogen-bond donors (Lipinski definition) is 1. The lowest BCUT2D eigenvalue weighted by atomic mass is 9.67. The zero-order chi connectivity index (χ0) is 22.4. The Kier molecular flexibility index (Phi) is 7.06. The van der Waals surface area contributed by atoms with Crippen molar-refractivity contribution in [1.82, 2.24) is 4.90 Å². The van der Waals surface area contributed by atoms with E-state index in [0.717, 1.165) is 25.9 Å². The second-order valence-corrected chi connectivity index (χ2v) is 9.67. The Hall–Kier alpha value is -2.51. The predicted molar refractivity (Wildman–Crippen MR) is 126 cm³/mol. The molecule has 3 aromatic carbocycles. The van der Waals surface area contributed by atoms with Gasteiger partial charge in [0.15, 0.2) is 0 Å². The average molecular weight is 452 g/mol. The minimum Gasteiger partial charge on any atom is -0.298 e. The van der Waals surface area contributed by atoms with Gasteiger partial charge >= 0.3 is 10.4 Å². The van der Waals surface area contributed by atoms with Gasteiger partial charge in [-0.25, -0.2) is 4.18 Å². The Labute approximate surface area is 190 Å². The van der Waals surface area contributed by atoms with Crippen LogP contribution < -0.4 is 0 Å². The normalized spacial score (nSPS) is 15.9. The number of fused-ring (bicyclic) bond motifs is 1. The standard InChI is InChI=1S/C26H29NO4S/c28-32(29,30)31-17-9-16-27-20-24-14-7-8-15-25(24)26(21-27,18-22-10-3-1-4-11-22)19-23-12-5-2-6-13-23/h1-8,10-15H,9,16-21H2,(H,28,29,30). The Morgan fingerprint density at radius 2 is 1.41 bits per heavy atom. The maximum absolute atomic E-state index is 10.9. The molecule has 0 fully saturated rings. The first-order chi connectivity index (χ1) is 15.4. The van der Waals surface area contributed by atoms with E-state index in [9.17, 15) is 8.42 Å². The molecule has 1 aliphatic rings. The van der Waals surface area contributed by atoms with E-state index in [2.05, 4.69) is 81.9 Å². The summed E-state index contributed by atoms with van der Waals surface area (Å²) in [6.07, 6.45) is 2.35. The largest absolute Gasteiger partial charge is 0.397 e. The van der Waals surface area contributed by atoms with Gasteiger partial charge in [0, 0.05) is 25.0 Å². The molecule has 3 aromatic rings. The number of hydrogen-bond acceptors (Lipinski definition) is 4. The maximum Gasteiger partial charge on any atom is 0.397 e. The monoisotopic (exact) mass is 451 g/mol. The minimum absolute atomic E-state index is 0.0264. The van der Waals surface area contributed by atoms with Gasteiger partial charge in [0.05, 0.1) is 6.61 Å². The SMILES string of the molecule is O=S(=O)(O)OCCCN1Cc2ccccc2C(Cc2ccccc2)(Cc2ccccc2)C1. The highest BCUT2D eigenvalue weighted by atomic mass is 32.3. The first-order valence-corrected chi connectivity index (χ1v) is 12.3. The van der Waals surface area contributed by atoms with Crippen molar-refractivity contribution in [3.8, 4) is 0 Å². The van der Waals surface area contributed by atoms with Crippen LogP contribution in [0, 0.1) is 0 Å². The van der Waals surface area contributed by atoms with Crippen molar-refractivity contribution in [2.75, 3.05) is 19.7 Å². The van der Waals surface area contributed by atoms with Crippen LogP contribution in [0.3, 0.4) is 0 Å². The molecule has 0 amide bonds. The van der Waals surface area contributed by atoms with Gasteiger partial charge in [-0.15, -0.1) is 0 Å². The number of rotatable bonds is 9. The van der Waals surface area contributed by atoms with Crippen LogP contribution in [-0.2, 0) is 39.4 Å². The smallest absolute Gasteiger partial charge is 0.298 e. The molecule has 0 spiro atoms. The fraction of sp³-hybridized carbons (Fsp3) is 0.308. The zero-order valence-electron chi connectivity index (χ0n) is 18.1. The first-order valence-electron chi connectivity index (χ1n) is 10.9. The molecular weight excluding hydrogens is 422 g/mol. The fourth-order valence-electron chi connectivity index (χ4n) is 4.93. The van der Waals surface area contributed by atoms with Gasteiger partial charge in [0.25, 0.3) is 0 Å². The summed E-state index contributed by atoms with van der Waals surface area (Å²) in [5.74, 6) is 0. The fourth-order valence-corrected chi connectivity index (χ4v) is 5.26. The highest BCUT2D eigenvalue weighted by molar-refractivity contribution is 7.80. The second kappa shape index (κ2) is 9.96. The molecule has 0 aliphatic carbocycles. The lowest BCUT2D eigenvalue weighted by molar-refractivity contribution is 0.158. The molecular formula is C26H29NO4S. The van der Waals surface area contributed by atoms with Gasteiger partial charge in [-0.3, -0.25) is 9.45 Å². The topological polar surface area (TPSA) is 66.8 Å². The summed E-state index contributed by atoms with van der Waals surface area (Å²) in [5.41, 5.74) is 5.19. The molecule has 4 rings (SSSR count). The number of nitrogens with zero attached hydrogens (tertiary/aromatic N) is 1. The molecule has 0 bridgehead atoms. The Morgan fingerprint density at radius 1 is 0.844 bits per heavy atom. The van der Waals surface area contributed by atoms with Crippen LogP contribution in [0.5, 0.6) is 0 Å². The van der Waals surface area contributed by atoms with Crippen LogP contribution in [0.1, 0.15) is 28.7 Å². The summed E-state index contributed by atoms with van der Waals surface area (Å²) < 4.78 is 35.1. The van der Waals surface area contributed by atoms with Crippen LogP contribution >= 0.6 is 0 Å². The maximum atomic E-state index is 10.9. The Balaban J connectivity index is 1.65. The van der Waals surface area contributed by atoms with Crippen molar-refractivity contribution in [2.24, 2.45) is 0 Å². The molecule has 1 aliphatic heterocycles. The predicted octanol–water partition coefficient (Wildman–Crippen LogP) is 4.43. The third-order valence-corrected chi connectivity index (χ3v) is 6.60. The molecule has 1 N–H and O–H groups in total. The highest BCUT2D eigenvalue weighted by Crippen LogP contribution is 2.39. The van der Waals surface area contributed by atoms with Crippen molar-refractivity contribution in [3.63, 3.8) is 0 Å². The van der Waals surface area contributed by atoms with Crippen LogP contribution in [-0.4, -0.2) is 37.6 Å². The number of benzene rings is 3. The zero-order valence-corrected chi connectivity index (χ0v) is 18.9. The van der Waals surface area contributed by atoms with Gasteiger partial charge < -0.3 is 0 Å². The molecule has 5 nitrogen and oxygen atoms in total. The van der Waals surface area contributed by atoms with Crippen molar-refractivity contribution in [3.05, 3.63) is 107 Å². The minimum atomic E-state index is -4.40. The van der Waals surface area contributed by atoms with Crippen molar-refractivity contribution < 1.29 is 17.2 Å². The molecule has 0 radical (unpaired) electrons. The van der Waals surface area contributed by atoms with E-state index in [-0.39, 0.29) is 12.0 Å². The Bertz CT molecular complexity index is 1080. The molecule has 32 heavy (non-hydrogen) atoms. The van der Waals surface area contributed by atoms with E-state index in [1.165, 1.54) is 22.3 Å². The molecule has 0 unspecified atom stereocenters. The van der Waals surface area contributed by atoms with Gasteiger partial charge in [0.1, 0.15) is 0 Å². The van der Waals surface area contributed by atoms with Gasteiger partial charge in [-0.05, 0) is 41.5 Å². The first kappa shape index (κ1) is 22.7. The molecule has 0 saturated carbocycles. The summed E-state index contributed by atoms with van der Waals surface area (Å²) in [4.78, 5) is 2.38. The highest BCUT2D eigenvalue weighted by Gasteiger charge is 2.39. The van der Waals surface area contributed by atoms with Gasteiger partial charge in [0.2, 0.25) is 0 Å². The van der Waals surface area contributed by atoms with Crippen LogP contribution in [0.25, 0.3) is 0 Å². The van der Waals surface area contributed by atoms with E-state index < -0.39 is 10.4 Å². The Morgan fingerprint density at radius 3 is 2.00 bits per heavy atom. The summed E-state index contributed by atoms with van der Waals surface area (Å²) in [6, 6.07) is 29.9. The summed E-state index contributed by atoms with van der Waals surface area (Å²) in [7, 11) is -4.40. The van der Waals surface area contributed by atoms with E-state index >= 15 is 0 Å². The molecule has 168 valence electrons. The third-order valence-electron chi connectivity index (χ3n) is 6.13. The summed E-state index contributed by atoms with van der Waals surface area (Å²) in [5, 5.41) is 0. The lowest BCUT2D eigenvalue weighted by Crippen LogP contribution is -2.48. The van der Waals surface area contributed by atoms with Crippen molar-refractivity contribution >= 4 is 10.4 Å². The van der Waals surface area contributed by atoms with E-state index in [1.54, 1.807) is 0 Å². The van der Waals surface area contributed by atoms with E-state index in [1.807, 2.05) is 12.1 Å². The third kappa shape index (κ3) is 5.84. The summed E-state index contributed by atoms with van der Waals surface area (Å²) >= 11 is 0. The molecule has 6 heteroatoms. The van der Waals surface area contributed by atoms with E-state index in [4.69, 9.17) is 4.55 Å². The quantitative estimate of drug-likeness (QED) is 0.385. The van der Waals surface area contributed by atoms with Crippen molar-refractivity contribution in [2.45, 2.75) is 31.2 Å². The molecule has 0 atom stereocenters. The van der Waals surface area contributed by atoms with E-state index in [0.29, 0.717) is 13.0 Å². The van der Waals surface area contributed by atoms with Gasteiger partial charge in [-0.2, -0.15) is 8.42 Å². The molecule has 0 saturated heterocycles. The lowest BCUT2D eigenvalue weighted by Gasteiger charge is -2.45. The van der Waals surface area contributed by atoms with Crippen LogP contribution in [0.4, 0.5) is 0 Å². The van der Waals surface area contributed by atoms with Crippen LogP contribution in [0.15, 0.2) is 84.9 Å². The second-order valence-electron chi connectivity index (χ2n) is 8.58. The molecule has 0 aromatic heterocycles. The average Bonchev–Trinajstić information content (AvgIpc) is 2.78. The molecule has 1 heterocycles. The van der Waals surface area contributed by atoms with Crippen LogP contribution in [0.2, 0.25) is 0 Å². The van der Waals surface area contributed by atoms with Gasteiger partial charge in [-0.1, -0.05) is 84.9 Å². The van der Waals surface area contributed by atoms with Crippen molar-refractivity contribution in [1.29, 1.82) is 0 Å². The summed E-state index contributed by atoms with van der Waals surface area (Å²) in [6.45, 7) is 2.34.